The van der Waals surface area contributed by atoms with Crippen LogP contribution < -0.4 is 0 Å². The second-order valence-corrected chi connectivity index (χ2v) is 5.24. The van der Waals surface area contributed by atoms with E-state index in [-0.39, 0.29) is 11.0 Å². The first-order chi connectivity index (χ1) is 6.04. The molecule has 0 bridgehead atoms. The molecule has 2 aliphatic rings. The van der Waals surface area contributed by atoms with E-state index in [0.717, 1.165) is 6.42 Å². The molecule has 0 radical (unpaired) electrons. The molecule has 0 aliphatic heterocycles. The Morgan fingerprint density at radius 1 is 1.38 bits per heavy atom. The lowest BCUT2D eigenvalue weighted by Gasteiger charge is -2.25. The standard InChI is InChI=1S/C11H17NO/c1-8-4-5-9-10(2,3)11(9,6-8)13-7-12/h8-9H,4-6H2,1-3H3. The van der Waals surface area contributed by atoms with Crippen LogP contribution in [-0.2, 0) is 4.74 Å². The van der Waals surface area contributed by atoms with E-state index in [2.05, 4.69) is 20.8 Å². The van der Waals surface area contributed by atoms with Gasteiger partial charge >= 0.3 is 0 Å². The molecule has 0 heterocycles. The quantitative estimate of drug-likeness (QED) is 0.580. The lowest BCUT2D eigenvalue weighted by atomic mass is 9.88. The van der Waals surface area contributed by atoms with Crippen LogP contribution in [0.2, 0.25) is 0 Å². The molecule has 0 spiro atoms. The summed E-state index contributed by atoms with van der Waals surface area (Å²) in [5.41, 5.74) is 0.132. The number of nitriles is 1. The Morgan fingerprint density at radius 3 is 2.69 bits per heavy atom. The van der Waals surface area contributed by atoms with Crippen molar-refractivity contribution in [3.8, 4) is 6.26 Å². The Balaban J connectivity index is 2.20. The first-order valence-electron chi connectivity index (χ1n) is 5.11. The van der Waals surface area contributed by atoms with Crippen LogP contribution in [0.3, 0.4) is 0 Å². The summed E-state index contributed by atoms with van der Waals surface area (Å²) in [5.74, 6) is 1.34. The van der Waals surface area contributed by atoms with E-state index >= 15 is 0 Å². The molecule has 0 saturated heterocycles. The third-order valence-electron chi connectivity index (χ3n) is 4.27. The van der Waals surface area contributed by atoms with Gasteiger partial charge in [0.15, 0.2) is 0 Å². The Bertz CT molecular complexity index is 266. The molecule has 72 valence electrons. The molecule has 0 aromatic heterocycles. The van der Waals surface area contributed by atoms with Crippen LogP contribution in [0.5, 0.6) is 0 Å². The van der Waals surface area contributed by atoms with Gasteiger partial charge in [0.05, 0.1) is 0 Å². The second-order valence-electron chi connectivity index (χ2n) is 5.24. The summed E-state index contributed by atoms with van der Waals surface area (Å²) in [6, 6.07) is 0. The molecule has 2 aliphatic carbocycles. The van der Waals surface area contributed by atoms with Crippen molar-refractivity contribution in [2.24, 2.45) is 17.3 Å². The van der Waals surface area contributed by atoms with E-state index in [1.165, 1.54) is 12.8 Å². The summed E-state index contributed by atoms with van der Waals surface area (Å²) in [7, 11) is 0. The number of hydrogen-bond acceptors (Lipinski definition) is 2. The van der Waals surface area contributed by atoms with E-state index < -0.39 is 0 Å². The summed E-state index contributed by atoms with van der Waals surface area (Å²) in [4.78, 5) is 0. The van der Waals surface area contributed by atoms with Gasteiger partial charge in [-0.05, 0) is 18.8 Å². The summed E-state index contributed by atoms with van der Waals surface area (Å²) < 4.78 is 5.34. The van der Waals surface area contributed by atoms with Crippen LogP contribution in [0, 0.1) is 28.8 Å². The predicted molar refractivity (Wildman–Crippen MR) is 49.7 cm³/mol. The van der Waals surface area contributed by atoms with Crippen molar-refractivity contribution in [1.29, 1.82) is 5.26 Å². The van der Waals surface area contributed by atoms with Crippen LogP contribution in [-0.4, -0.2) is 5.60 Å². The van der Waals surface area contributed by atoms with Crippen LogP contribution in [0.15, 0.2) is 0 Å². The zero-order chi connectivity index (χ0) is 9.69. The molecular formula is C11H17NO. The average molecular weight is 179 g/mol. The largest absolute Gasteiger partial charge is 0.420 e. The molecule has 0 N–H and O–H groups in total. The van der Waals surface area contributed by atoms with Crippen molar-refractivity contribution in [2.75, 3.05) is 0 Å². The highest BCUT2D eigenvalue weighted by Crippen LogP contribution is 2.70. The third kappa shape index (κ3) is 0.935. The zero-order valence-corrected chi connectivity index (χ0v) is 8.63. The van der Waals surface area contributed by atoms with Crippen molar-refractivity contribution in [1.82, 2.24) is 0 Å². The Kier molecular flexibility index (Phi) is 1.64. The fraction of sp³-hybridized carbons (Fsp3) is 0.909. The van der Waals surface area contributed by atoms with Crippen LogP contribution in [0.25, 0.3) is 0 Å². The molecule has 2 nitrogen and oxygen atoms in total. The van der Waals surface area contributed by atoms with Gasteiger partial charge in [0.25, 0.3) is 6.26 Å². The van der Waals surface area contributed by atoms with Crippen molar-refractivity contribution < 1.29 is 4.74 Å². The van der Waals surface area contributed by atoms with E-state index in [0.29, 0.717) is 11.8 Å². The minimum Gasteiger partial charge on any atom is -0.420 e. The highest BCUT2D eigenvalue weighted by Gasteiger charge is 2.74. The molecule has 0 aromatic rings. The van der Waals surface area contributed by atoms with Gasteiger partial charge in [-0.25, -0.2) is 0 Å². The van der Waals surface area contributed by atoms with Gasteiger partial charge in [-0.1, -0.05) is 27.2 Å². The molecule has 2 rings (SSSR count). The second kappa shape index (κ2) is 2.41. The van der Waals surface area contributed by atoms with Crippen molar-refractivity contribution in [3.63, 3.8) is 0 Å². The molecule has 2 fully saturated rings. The number of nitrogens with zero attached hydrogens (tertiary/aromatic N) is 1. The lowest BCUT2D eigenvalue weighted by Crippen LogP contribution is -2.25. The summed E-state index contributed by atoms with van der Waals surface area (Å²) >= 11 is 0. The average Bonchev–Trinajstić information content (AvgIpc) is 2.48. The molecule has 3 unspecified atom stereocenters. The maximum absolute atomic E-state index is 8.66. The first kappa shape index (κ1) is 8.87. The van der Waals surface area contributed by atoms with Crippen LogP contribution in [0.1, 0.15) is 40.0 Å². The van der Waals surface area contributed by atoms with Crippen LogP contribution >= 0.6 is 0 Å². The van der Waals surface area contributed by atoms with Crippen molar-refractivity contribution in [2.45, 2.75) is 45.6 Å². The van der Waals surface area contributed by atoms with Crippen LogP contribution in [0.4, 0.5) is 0 Å². The Labute approximate surface area is 79.9 Å². The normalized spacial score (nSPS) is 46.0. The van der Waals surface area contributed by atoms with Crippen molar-refractivity contribution in [3.05, 3.63) is 0 Å². The first-order valence-corrected chi connectivity index (χ1v) is 5.11. The Hall–Kier alpha value is -0.710. The fourth-order valence-corrected chi connectivity index (χ4v) is 3.32. The maximum Gasteiger partial charge on any atom is 0.286 e. The molecule has 0 aromatic carbocycles. The monoisotopic (exact) mass is 179 g/mol. The molecular weight excluding hydrogens is 162 g/mol. The highest BCUT2D eigenvalue weighted by atomic mass is 16.5. The minimum absolute atomic E-state index is 0.0978. The summed E-state index contributed by atoms with van der Waals surface area (Å²) in [5, 5.41) is 8.66. The Morgan fingerprint density at radius 2 is 2.08 bits per heavy atom. The molecule has 0 amide bonds. The van der Waals surface area contributed by atoms with Crippen molar-refractivity contribution >= 4 is 0 Å². The molecule has 13 heavy (non-hydrogen) atoms. The number of rotatable bonds is 1. The molecule has 2 heteroatoms. The van der Waals surface area contributed by atoms with Gasteiger partial charge < -0.3 is 4.74 Å². The summed E-state index contributed by atoms with van der Waals surface area (Å²) in [6.45, 7) is 6.72. The minimum atomic E-state index is -0.0978. The van der Waals surface area contributed by atoms with Gasteiger partial charge in [-0.2, -0.15) is 5.26 Å². The van der Waals surface area contributed by atoms with Gasteiger partial charge in [0.2, 0.25) is 0 Å². The fourth-order valence-electron chi connectivity index (χ4n) is 3.32. The van der Waals surface area contributed by atoms with Gasteiger partial charge in [-0.3, -0.25) is 0 Å². The smallest absolute Gasteiger partial charge is 0.286 e. The van der Waals surface area contributed by atoms with E-state index in [9.17, 15) is 0 Å². The molecule has 3 atom stereocenters. The lowest BCUT2D eigenvalue weighted by molar-refractivity contribution is 0.0534. The number of ether oxygens (including phenoxy) is 1. The summed E-state index contributed by atoms with van der Waals surface area (Å²) in [6.07, 6.45) is 5.49. The van der Waals surface area contributed by atoms with Gasteiger partial charge in [0.1, 0.15) is 5.60 Å². The highest BCUT2D eigenvalue weighted by molar-refractivity contribution is 5.22. The zero-order valence-electron chi connectivity index (χ0n) is 8.63. The van der Waals surface area contributed by atoms with Gasteiger partial charge in [-0.15, -0.1) is 0 Å². The third-order valence-corrected chi connectivity index (χ3v) is 4.27. The maximum atomic E-state index is 8.66. The van der Waals surface area contributed by atoms with E-state index in [1.54, 1.807) is 0 Å². The SMILES string of the molecule is CC1CCC2C(C)(C)C2(OC#N)C1. The van der Waals surface area contributed by atoms with E-state index in [1.807, 2.05) is 6.26 Å². The van der Waals surface area contributed by atoms with Gasteiger partial charge in [0, 0.05) is 11.3 Å². The molecule has 2 saturated carbocycles. The van der Waals surface area contributed by atoms with E-state index in [4.69, 9.17) is 10.00 Å². The number of fused-ring (bicyclic) bond motifs is 1. The topological polar surface area (TPSA) is 33.0 Å². The predicted octanol–water partition coefficient (Wildman–Crippen LogP) is 2.70. The number of hydrogen-bond donors (Lipinski definition) is 0.